The molecule has 2 N–H and O–H groups in total. The molecule has 1 saturated heterocycles. The smallest absolute Gasteiger partial charge is 0.225 e. The summed E-state index contributed by atoms with van der Waals surface area (Å²) in [5.74, 6) is 0.585. The van der Waals surface area contributed by atoms with Crippen LogP contribution in [0.4, 0.5) is 0 Å². The molecule has 1 aliphatic rings. The molecule has 5 nitrogen and oxygen atoms in total. The van der Waals surface area contributed by atoms with Gasteiger partial charge < -0.3 is 10.6 Å². The van der Waals surface area contributed by atoms with Crippen molar-refractivity contribution in [2.75, 3.05) is 13.1 Å². The van der Waals surface area contributed by atoms with Crippen LogP contribution in [0.2, 0.25) is 0 Å². The molecule has 1 fully saturated rings. The van der Waals surface area contributed by atoms with E-state index >= 15 is 0 Å². The van der Waals surface area contributed by atoms with Crippen LogP contribution in [0.15, 0.2) is 18.3 Å². The van der Waals surface area contributed by atoms with E-state index in [0.717, 1.165) is 18.8 Å². The highest BCUT2D eigenvalue weighted by molar-refractivity contribution is 5.79. The number of aromatic nitrogens is 2. The lowest BCUT2D eigenvalue weighted by Gasteiger charge is -2.13. The van der Waals surface area contributed by atoms with Crippen molar-refractivity contribution in [2.24, 2.45) is 11.8 Å². The molecule has 1 aromatic heterocycles. The third-order valence-corrected chi connectivity index (χ3v) is 2.93. The number of nitrogens with one attached hydrogen (secondary N) is 2. The van der Waals surface area contributed by atoms with E-state index in [1.807, 2.05) is 12.1 Å². The summed E-state index contributed by atoms with van der Waals surface area (Å²) in [7, 11) is 0. The zero-order valence-electron chi connectivity index (χ0n) is 9.31. The SMILES string of the molecule is C[C@@H]1CNC[C@H]1C(=O)NCc1cccnn1. The lowest BCUT2D eigenvalue weighted by Crippen LogP contribution is -2.34. The van der Waals surface area contributed by atoms with Crippen LogP contribution < -0.4 is 10.6 Å². The van der Waals surface area contributed by atoms with E-state index in [0.29, 0.717) is 12.5 Å². The van der Waals surface area contributed by atoms with E-state index < -0.39 is 0 Å². The van der Waals surface area contributed by atoms with Crippen LogP contribution >= 0.6 is 0 Å². The Balaban J connectivity index is 1.84. The lowest BCUT2D eigenvalue weighted by atomic mass is 9.97. The van der Waals surface area contributed by atoms with Crippen LogP contribution in [-0.2, 0) is 11.3 Å². The Kier molecular flexibility index (Phi) is 3.46. The average Bonchev–Trinajstić information content (AvgIpc) is 2.74. The summed E-state index contributed by atoms with van der Waals surface area (Å²) in [5, 5.41) is 13.8. The van der Waals surface area contributed by atoms with Gasteiger partial charge in [0.1, 0.15) is 0 Å². The van der Waals surface area contributed by atoms with Crippen LogP contribution in [0, 0.1) is 11.8 Å². The molecule has 1 amide bonds. The van der Waals surface area contributed by atoms with E-state index in [-0.39, 0.29) is 11.8 Å². The Morgan fingerprint density at radius 1 is 1.62 bits per heavy atom. The van der Waals surface area contributed by atoms with Gasteiger partial charge in [0, 0.05) is 12.7 Å². The van der Waals surface area contributed by atoms with E-state index in [4.69, 9.17) is 0 Å². The van der Waals surface area contributed by atoms with Crippen molar-refractivity contribution in [3.8, 4) is 0 Å². The summed E-state index contributed by atoms with van der Waals surface area (Å²) in [6, 6.07) is 3.66. The summed E-state index contributed by atoms with van der Waals surface area (Å²) in [6.45, 7) is 4.24. The van der Waals surface area contributed by atoms with Gasteiger partial charge in [-0.1, -0.05) is 6.92 Å². The van der Waals surface area contributed by atoms with Crippen molar-refractivity contribution in [3.63, 3.8) is 0 Å². The van der Waals surface area contributed by atoms with E-state index in [9.17, 15) is 4.79 Å². The number of nitrogens with zero attached hydrogens (tertiary/aromatic N) is 2. The van der Waals surface area contributed by atoms with Crippen molar-refractivity contribution < 1.29 is 4.79 Å². The first-order valence-electron chi connectivity index (χ1n) is 5.52. The van der Waals surface area contributed by atoms with Crippen molar-refractivity contribution >= 4 is 5.91 Å². The molecular formula is C11H16N4O. The van der Waals surface area contributed by atoms with Gasteiger partial charge in [-0.15, -0.1) is 0 Å². The van der Waals surface area contributed by atoms with Gasteiger partial charge in [-0.25, -0.2) is 0 Å². The molecule has 0 aliphatic carbocycles. The molecule has 16 heavy (non-hydrogen) atoms. The normalized spacial score (nSPS) is 24.3. The third kappa shape index (κ3) is 2.55. The number of carbonyl (C=O) groups excluding carboxylic acids is 1. The number of hydrogen-bond donors (Lipinski definition) is 2. The van der Waals surface area contributed by atoms with Crippen molar-refractivity contribution in [3.05, 3.63) is 24.0 Å². The lowest BCUT2D eigenvalue weighted by molar-refractivity contribution is -0.125. The molecule has 1 aliphatic heterocycles. The summed E-state index contributed by atoms with van der Waals surface area (Å²) in [5.41, 5.74) is 0.787. The topological polar surface area (TPSA) is 66.9 Å². The standard InChI is InChI=1S/C11H16N4O/c1-8-5-12-7-10(8)11(16)13-6-9-3-2-4-14-15-9/h2-4,8,10,12H,5-7H2,1H3,(H,13,16)/t8-,10-/m1/s1. The maximum atomic E-state index is 11.8. The maximum Gasteiger partial charge on any atom is 0.225 e. The molecule has 0 radical (unpaired) electrons. The predicted molar refractivity (Wildman–Crippen MR) is 59.4 cm³/mol. The first-order chi connectivity index (χ1) is 7.77. The Labute approximate surface area is 94.6 Å². The monoisotopic (exact) mass is 220 g/mol. The first kappa shape index (κ1) is 11.0. The quantitative estimate of drug-likeness (QED) is 0.749. The average molecular weight is 220 g/mol. The Hall–Kier alpha value is -1.49. The van der Waals surface area contributed by atoms with Crippen molar-refractivity contribution in [1.82, 2.24) is 20.8 Å². The molecule has 0 spiro atoms. The van der Waals surface area contributed by atoms with Gasteiger partial charge in [-0.2, -0.15) is 10.2 Å². The second-order valence-corrected chi connectivity index (χ2v) is 4.17. The van der Waals surface area contributed by atoms with Crippen molar-refractivity contribution in [2.45, 2.75) is 13.5 Å². The second-order valence-electron chi connectivity index (χ2n) is 4.17. The molecule has 0 saturated carbocycles. The number of rotatable bonds is 3. The second kappa shape index (κ2) is 5.03. The van der Waals surface area contributed by atoms with Gasteiger partial charge in [0.2, 0.25) is 5.91 Å². The minimum absolute atomic E-state index is 0.0803. The van der Waals surface area contributed by atoms with Gasteiger partial charge in [0.15, 0.2) is 0 Å². The van der Waals surface area contributed by atoms with Crippen molar-refractivity contribution in [1.29, 1.82) is 0 Å². The van der Waals surface area contributed by atoms with E-state index in [1.165, 1.54) is 0 Å². The summed E-state index contributed by atoms with van der Waals surface area (Å²) in [4.78, 5) is 11.8. The Bertz CT molecular complexity index is 354. The molecule has 86 valence electrons. The van der Waals surface area contributed by atoms with E-state index in [2.05, 4.69) is 27.8 Å². The van der Waals surface area contributed by atoms with Crippen LogP contribution in [-0.4, -0.2) is 29.2 Å². The molecule has 0 unspecified atom stereocenters. The molecular weight excluding hydrogens is 204 g/mol. The molecule has 1 aromatic rings. The third-order valence-electron chi connectivity index (χ3n) is 2.93. The highest BCUT2D eigenvalue weighted by Crippen LogP contribution is 2.15. The number of amides is 1. The summed E-state index contributed by atoms with van der Waals surface area (Å²) >= 11 is 0. The fourth-order valence-electron chi connectivity index (χ4n) is 1.90. The molecule has 5 heteroatoms. The van der Waals surface area contributed by atoms with Gasteiger partial charge in [-0.3, -0.25) is 4.79 Å². The fraction of sp³-hybridized carbons (Fsp3) is 0.545. The van der Waals surface area contributed by atoms with Crippen LogP contribution in [0.25, 0.3) is 0 Å². The number of hydrogen-bond acceptors (Lipinski definition) is 4. The zero-order valence-corrected chi connectivity index (χ0v) is 9.31. The molecule has 0 aromatic carbocycles. The molecule has 2 rings (SSSR count). The van der Waals surface area contributed by atoms with Gasteiger partial charge in [0.25, 0.3) is 0 Å². The Morgan fingerprint density at radius 2 is 2.50 bits per heavy atom. The summed E-state index contributed by atoms with van der Waals surface area (Å²) < 4.78 is 0. The fourth-order valence-corrected chi connectivity index (χ4v) is 1.90. The first-order valence-corrected chi connectivity index (χ1v) is 5.52. The number of carbonyl (C=O) groups is 1. The predicted octanol–water partition coefficient (Wildman–Crippen LogP) is -0.0517. The molecule has 2 atom stereocenters. The zero-order chi connectivity index (χ0) is 11.4. The maximum absolute atomic E-state index is 11.8. The van der Waals surface area contributed by atoms with Gasteiger partial charge >= 0.3 is 0 Å². The van der Waals surface area contributed by atoms with E-state index in [1.54, 1.807) is 6.20 Å². The minimum Gasteiger partial charge on any atom is -0.350 e. The van der Waals surface area contributed by atoms with Gasteiger partial charge in [-0.05, 0) is 24.6 Å². The summed E-state index contributed by atoms with van der Waals surface area (Å²) in [6.07, 6.45) is 1.62. The highest BCUT2D eigenvalue weighted by Gasteiger charge is 2.29. The Morgan fingerprint density at radius 3 is 3.12 bits per heavy atom. The van der Waals surface area contributed by atoms with Crippen LogP contribution in [0.1, 0.15) is 12.6 Å². The minimum atomic E-state index is 0.0803. The van der Waals surface area contributed by atoms with Crippen LogP contribution in [0.5, 0.6) is 0 Å². The molecule has 2 heterocycles. The largest absolute Gasteiger partial charge is 0.350 e. The highest BCUT2D eigenvalue weighted by atomic mass is 16.1. The van der Waals surface area contributed by atoms with Crippen LogP contribution in [0.3, 0.4) is 0 Å². The van der Waals surface area contributed by atoms with Gasteiger partial charge in [0.05, 0.1) is 18.2 Å². The molecule has 0 bridgehead atoms.